The van der Waals surface area contributed by atoms with Crippen molar-refractivity contribution in [2.24, 2.45) is 16.8 Å². The first-order chi connectivity index (χ1) is 9.12. The Bertz CT molecular complexity index is 463. The number of carbonyl (C=O) groups is 1. The predicted molar refractivity (Wildman–Crippen MR) is 78.7 cm³/mol. The van der Waals surface area contributed by atoms with E-state index in [2.05, 4.69) is 10.5 Å². The summed E-state index contributed by atoms with van der Waals surface area (Å²) in [5.41, 5.74) is 6.26. The summed E-state index contributed by atoms with van der Waals surface area (Å²) in [6.45, 7) is 1.94. The molecule has 1 unspecified atom stereocenters. The second kappa shape index (κ2) is 7.68. The highest BCUT2D eigenvalue weighted by Gasteiger charge is 2.22. The summed E-state index contributed by atoms with van der Waals surface area (Å²) in [5.74, 6) is -0.913. The number of hydrogen-bond donors (Lipinski definition) is 3. The Kier molecular flexibility index (Phi) is 6.21. The number of hydrogen-bond acceptors (Lipinski definition) is 4. The molecule has 0 heterocycles. The van der Waals surface area contributed by atoms with E-state index in [0.717, 1.165) is 11.3 Å². The van der Waals surface area contributed by atoms with Crippen molar-refractivity contribution in [1.29, 1.82) is 0 Å². The van der Waals surface area contributed by atoms with Gasteiger partial charge in [0.1, 0.15) is 0 Å². The molecular formula is C13H19N3O2S. The average molecular weight is 281 g/mol. The van der Waals surface area contributed by atoms with Crippen molar-refractivity contribution in [3.8, 4) is 0 Å². The molecule has 1 aromatic carbocycles. The van der Waals surface area contributed by atoms with E-state index in [-0.39, 0.29) is 11.7 Å². The molecule has 0 bridgehead atoms. The zero-order valence-electron chi connectivity index (χ0n) is 11.1. The van der Waals surface area contributed by atoms with Crippen molar-refractivity contribution in [3.63, 3.8) is 0 Å². The number of nitrogens with two attached hydrogens (primary N) is 1. The van der Waals surface area contributed by atoms with Crippen molar-refractivity contribution in [3.05, 3.63) is 24.3 Å². The van der Waals surface area contributed by atoms with Gasteiger partial charge in [0, 0.05) is 10.6 Å². The van der Waals surface area contributed by atoms with Gasteiger partial charge >= 0.3 is 0 Å². The van der Waals surface area contributed by atoms with Crippen molar-refractivity contribution in [1.82, 2.24) is 0 Å². The predicted octanol–water partition coefficient (Wildman–Crippen LogP) is 2.51. The van der Waals surface area contributed by atoms with Crippen LogP contribution in [-0.4, -0.2) is 23.2 Å². The molecule has 0 saturated heterocycles. The van der Waals surface area contributed by atoms with E-state index in [9.17, 15) is 4.79 Å². The van der Waals surface area contributed by atoms with Gasteiger partial charge in [0.25, 0.3) is 0 Å². The molecule has 1 atom stereocenters. The van der Waals surface area contributed by atoms with Crippen LogP contribution >= 0.6 is 11.8 Å². The van der Waals surface area contributed by atoms with Crippen LogP contribution in [0.25, 0.3) is 0 Å². The molecule has 6 heteroatoms. The molecule has 0 aliphatic heterocycles. The molecule has 4 N–H and O–H groups in total. The summed E-state index contributed by atoms with van der Waals surface area (Å²) in [6.07, 6.45) is 3.29. The first kappa shape index (κ1) is 15.4. The van der Waals surface area contributed by atoms with Crippen LogP contribution in [0.2, 0.25) is 0 Å². The molecule has 1 aromatic rings. The third-order valence-corrected chi connectivity index (χ3v) is 3.43. The second-order valence-electron chi connectivity index (χ2n) is 4.09. The molecule has 0 aliphatic carbocycles. The topological polar surface area (TPSA) is 87.7 Å². The van der Waals surface area contributed by atoms with E-state index < -0.39 is 5.92 Å². The van der Waals surface area contributed by atoms with Crippen molar-refractivity contribution < 1.29 is 10.0 Å². The molecule has 0 saturated carbocycles. The molecule has 1 rings (SSSR count). The minimum Gasteiger partial charge on any atom is -0.409 e. The first-order valence-electron chi connectivity index (χ1n) is 6.04. The van der Waals surface area contributed by atoms with Crippen LogP contribution < -0.4 is 11.1 Å². The van der Waals surface area contributed by atoms with Gasteiger partial charge in [-0.25, -0.2) is 0 Å². The van der Waals surface area contributed by atoms with Crippen LogP contribution in [0.15, 0.2) is 34.3 Å². The Labute approximate surface area is 117 Å². The van der Waals surface area contributed by atoms with E-state index >= 15 is 0 Å². The van der Waals surface area contributed by atoms with E-state index in [1.807, 2.05) is 37.4 Å². The number of nitrogens with one attached hydrogen (secondary N) is 1. The fourth-order valence-electron chi connectivity index (χ4n) is 1.70. The minimum absolute atomic E-state index is 0.0552. The zero-order valence-corrected chi connectivity index (χ0v) is 11.9. The monoisotopic (exact) mass is 281 g/mol. The van der Waals surface area contributed by atoms with Gasteiger partial charge in [-0.05, 0) is 30.9 Å². The van der Waals surface area contributed by atoms with Gasteiger partial charge in [-0.15, -0.1) is 11.8 Å². The van der Waals surface area contributed by atoms with Crippen molar-refractivity contribution in [2.75, 3.05) is 11.6 Å². The lowest BCUT2D eigenvalue weighted by Crippen LogP contribution is -2.34. The van der Waals surface area contributed by atoms with Gasteiger partial charge in [0.15, 0.2) is 5.84 Å². The van der Waals surface area contributed by atoms with E-state index in [0.29, 0.717) is 12.1 Å². The van der Waals surface area contributed by atoms with E-state index in [1.165, 1.54) is 0 Å². The van der Waals surface area contributed by atoms with Crippen LogP contribution in [0, 0.1) is 5.92 Å². The summed E-state index contributed by atoms with van der Waals surface area (Å²) < 4.78 is 0. The zero-order chi connectivity index (χ0) is 14.3. The highest BCUT2D eigenvalue weighted by Crippen LogP contribution is 2.20. The van der Waals surface area contributed by atoms with Crippen LogP contribution in [0.3, 0.4) is 0 Å². The van der Waals surface area contributed by atoms with Crippen LogP contribution in [0.4, 0.5) is 5.69 Å². The normalized spacial score (nSPS) is 13.1. The molecule has 1 amide bonds. The van der Waals surface area contributed by atoms with Crippen molar-refractivity contribution in [2.45, 2.75) is 24.7 Å². The summed E-state index contributed by atoms with van der Waals surface area (Å²) in [7, 11) is 0. The summed E-state index contributed by atoms with van der Waals surface area (Å²) in [5, 5.41) is 14.4. The number of nitrogens with zero attached hydrogens (tertiary/aromatic N) is 1. The maximum Gasteiger partial charge on any atom is 0.235 e. The highest BCUT2D eigenvalue weighted by atomic mass is 32.2. The summed E-state index contributed by atoms with van der Waals surface area (Å²) in [6, 6.07) is 7.54. The number of amides is 1. The second-order valence-corrected chi connectivity index (χ2v) is 4.97. The SMILES string of the molecule is CCCC(C(=O)Nc1cccc(SC)c1)C(N)=NO. The first-order valence-corrected chi connectivity index (χ1v) is 7.27. The minimum atomic E-state index is -0.604. The van der Waals surface area contributed by atoms with Gasteiger partial charge in [-0.2, -0.15) is 0 Å². The van der Waals surface area contributed by atoms with Gasteiger partial charge in [0.2, 0.25) is 5.91 Å². The van der Waals surface area contributed by atoms with Gasteiger partial charge in [-0.1, -0.05) is 24.6 Å². The fourth-order valence-corrected chi connectivity index (χ4v) is 2.16. The Hall–Kier alpha value is -1.69. The number of anilines is 1. The average Bonchev–Trinajstić information content (AvgIpc) is 2.44. The lowest BCUT2D eigenvalue weighted by molar-refractivity contribution is -0.118. The number of benzene rings is 1. The standard InChI is InChI=1S/C13H19N3O2S/c1-3-5-11(12(14)16-18)13(17)15-9-6-4-7-10(8-9)19-2/h4,6-8,11,18H,3,5H2,1-2H3,(H2,14,16)(H,15,17). The van der Waals surface area contributed by atoms with E-state index in [1.54, 1.807) is 11.8 Å². The molecule has 0 radical (unpaired) electrons. The fraction of sp³-hybridized carbons (Fsp3) is 0.385. The lowest BCUT2D eigenvalue weighted by Gasteiger charge is -2.14. The van der Waals surface area contributed by atoms with Gasteiger partial charge < -0.3 is 16.3 Å². The third-order valence-electron chi connectivity index (χ3n) is 2.70. The van der Waals surface area contributed by atoms with Crippen LogP contribution in [0.5, 0.6) is 0 Å². The lowest BCUT2D eigenvalue weighted by atomic mass is 10.0. The summed E-state index contributed by atoms with van der Waals surface area (Å²) in [4.78, 5) is 13.2. The molecule has 5 nitrogen and oxygen atoms in total. The quantitative estimate of drug-likeness (QED) is 0.246. The van der Waals surface area contributed by atoms with Gasteiger partial charge in [-0.3, -0.25) is 4.79 Å². The number of thioether (sulfide) groups is 1. The van der Waals surface area contributed by atoms with Crippen LogP contribution in [-0.2, 0) is 4.79 Å². The van der Waals surface area contributed by atoms with Gasteiger partial charge in [0.05, 0.1) is 5.92 Å². The molecular weight excluding hydrogens is 262 g/mol. The van der Waals surface area contributed by atoms with Crippen LogP contribution in [0.1, 0.15) is 19.8 Å². The van der Waals surface area contributed by atoms with E-state index in [4.69, 9.17) is 10.9 Å². The highest BCUT2D eigenvalue weighted by molar-refractivity contribution is 7.98. The van der Waals surface area contributed by atoms with Crippen molar-refractivity contribution >= 4 is 29.2 Å². The third kappa shape index (κ3) is 4.48. The maximum absolute atomic E-state index is 12.1. The molecule has 0 fully saturated rings. The molecule has 0 aromatic heterocycles. The largest absolute Gasteiger partial charge is 0.409 e. The molecule has 104 valence electrons. The Morgan fingerprint density at radius 1 is 1.58 bits per heavy atom. The maximum atomic E-state index is 12.1. The number of carbonyl (C=O) groups excluding carboxylic acids is 1. The number of amidine groups is 1. The number of oxime groups is 1. The Morgan fingerprint density at radius 2 is 2.32 bits per heavy atom. The number of rotatable bonds is 6. The molecule has 0 spiro atoms. The Morgan fingerprint density at radius 3 is 2.89 bits per heavy atom. The molecule has 19 heavy (non-hydrogen) atoms. The smallest absolute Gasteiger partial charge is 0.235 e. The summed E-state index contributed by atoms with van der Waals surface area (Å²) >= 11 is 1.60. The molecule has 0 aliphatic rings. The Balaban J connectivity index is 2.80.